The molecule has 0 aromatic carbocycles. The van der Waals surface area contributed by atoms with Gasteiger partial charge in [0.1, 0.15) is 5.69 Å². The normalized spacial score (nSPS) is 17.6. The molecule has 0 atom stereocenters. The Labute approximate surface area is 85.7 Å². The predicted octanol–water partition coefficient (Wildman–Crippen LogP) is 2.09. The third-order valence-electron chi connectivity index (χ3n) is 2.54. The van der Waals surface area contributed by atoms with Crippen LogP contribution in [0.3, 0.4) is 0 Å². The SMILES string of the molecule is CN1CCc2ccc(C(F)(F)F)nc2C1. The van der Waals surface area contributed by atoms with Gasteiger partial charge in [0.2, 0.25) is 0 Å². The number of fused-ring (bicyclic) bond motifs is 1. The molecule has 0 saturated carbocycles. The summed E-state index contributed by atoms with van der Waals surface area (Å²) >= 11 is 0. The number of likely N-dealkylation sites (N-methyl/N-ethyl adjacent to an activating group) is 1. The predicted molar refractivity (Wildman–Crippen MR) is 49.3 cm³/mol. The van der Waals surface area contributed by atoms with Gasteiger partial charge in [-0.15, -0.1) is 0 Å². The van der Waals surface area contributed by atoms with E-state index in [2.05, 4.69) is 4.98 Å². The molecule has 2 rings (SSSR count). The van der Waals surface area contributed by atoms with Crippen LogP contribution in [0.25, 0.3) is 0 Å². The molecule has 0 bridgehead atoms. The van der Waals surface area contributed by atoms with Crippen molar-refractivity contribution in [3.63, 3.8) is 0 Å². The van der Waals surface area contributed by atoms with Crippen LogP contribution in [0.4, 0.5) is 13.2 Å². The summed E-state index contributed by atoms with van der Waals surface area (Å²) in [6, 6.07) is 2.60. The molecule has 0 fully saturated rings. The molecule has 1 aliphatic rings. The van der Waals surface area contributed by atoms with Crippen molar-refractivity contribution in [2.75, 3.05) is 13.6 Å². The van der Waals surface area contributed by atoms with Gasteiger partial charge >= 0.3 is 6.18 Å². The molecule has 2 heterocycles. The summed E-state index contributed by atoms with van der Waals surface area (Å²) in [5.41, 5.74) is 0.691. The highest BCUT2D eigenvalue weighted by Crippen LogP contribution is 2.29. The van der Waals surface area contributed by atoms with Crippen molar-refractivity contribution in [1.29, 1.82) is 0 Å². The van der Waals surface area contributed by atoms with Gasteiger partial charge in [-0.2, -0.15) is 13.2 Å². The second-order valence-corrected chi connectivity index (χ2v) is 3.79. The molecule has 0 spiro atoms. The topological polar surface area (TPSA) is 16.1 Å². The molecule has 1 aromatic heterocycles. The van der Waals surface area contributed by atoms with E-state index in [9.17, 15) is 13.2 Å². The van der Waals surface area contributed by atoms with Crippen LogP contribution in [0.1, 0.15) is 17.0 Å². The first-order valence-corrected chi connectivity index (χ1v) is 4.71. The van der Waals surface area contributed by atoms with E-state index in [0.717, 1.165) is 24.6 Å². The van der Waals surface area contributed by atoms with Crippen molar-refractivity contribution in [2.24, 2.45) is 0 Å². The maximum Gasteiger partial charge on any atom is 0.433 e. The van der Waals surface area contributed by atoms with Crippen LogP contribution in [0.2, 0.25) is 0 Å². The highest BCUT2D eigenvalue weighted by molar-refractivity contribution is 5.26. The van der Waals surface area contributed by atoms with Crippen molar-refractivity contribution in [1.82, 2.24) is 9.88 Å². The molecular formula is C10H11F3N2. The van der Waals surface area contributed by atoms with Gasteiger partial charge in [0.15, 0.2) is 0 Å². The summed E-state index contributed by atoms with van der Waals surface area (Å²) in [4.78, 5) is 5.64. The lowest BCUT2D eigenvalue weighted by Crippen LogP contribution is -2.28. The summed E-state index contributed by atoms with van der Waals surface area (Å²) in [5, 5.41) is 0. The summed E-state index contributed by atoms with van der Waals surface area (Å²) < 4.78 is 37.1. The second kappa shape index (κ2) is 3.48. The molecular weight excluding hydrogens is 205 g/mol. The summed E-state index contributed by atoms with van der Waals surface area (Å²) in [5.74, 6) is 0. The van der Waals surface area contributed by atoms with Crippen LogP contribution in [0.5, 0.6) is 0 Å². The number of hydrogen-bond acceptors (Lipinski definition) is 2. The molecule has 0 aliphatic carbocycles. The number of nitrogens with zero attached hydrogens (tertiary/aromatic N) is 2. The molecule has 0 radical (unpaired) electrons. The van der Waals surface area contributed by atoms with Gasteiger partial charge < -0.3 is 4.90 Å². The first-order valence-electron chi connectivity index (χ1n) is 4.71. The molecule has 0 N–H and O–H groups in total. The van der Waals surface area contributed by atoms with Gasteiger partial charge in [-0.1, -0.05) is 6.07 Å². The zero-order valence-electron chi connectivity index (χ0n) is 8.30. The van der Waals surface area contributed by atoms with Crippen molar-refractivity contribution >= 4 is 0 Å². The average molecular weight is 216 g/mol. The van der Waals surface area contributed by atoms with E-state index in [1.165, 1.54) is 6.07 Å². The minimum Gasteiger partial charge on any atom is -0.300 e. The maximum atomic E-state index is 12.4. The standard InChI is InChI=1S/C10H11F3N2/c1-15-5-4-7-2-3-9(10(11,12)13)14-8(7)6-15/h2-3H,4-6H2,1H3. The van der Waals surface area contributed by atoms with Gasteiger partial charge in [-0.25, -0.2) is 4.98 Å². The Morgan fingerprint density at radius 1 is 1.33 bits per heavy atom. The van der Waals surface area contributed by atoms with Crippen molar-refractivity contribution in [2.45, 2.75) is 19.1 Å². The third-order valence-corrected chi connectivity index (χ3v) is 2.54. The van der Waals surface area contributed by atoms with Crippen LogP contribution in [0.15, 0.2) is 12.1 Å². The number of aromatic nitrogens is 1. The fourth-order valence-electron chi connectivity index (χ4n) is 1.70. The van der Waals surface area contributed by atoms with Gasteiger partial charge in [-0.05, 0) is 25.1 Å². The molecule has 0 saturated heterocycles. The van der Waals surface area contributed by atoms with Crippen molar-refractivity contribution in [3.05, 3.63) is 29.1 Å². The van der Waals surface area contributed by atoms with Crippen LogP contribution in [0, 0.1) is 0 Å². The lowest BCUT2D eigenvalue weighted by Gasteiger charge is -2.24. The monoisotopic (exact) mass is 216 g/mol. The molecule has 5 heteroatoms. The molecule has 1 aromatic rings. The van der Waals surface area contributed by atoms with Gasteiger partial charge in [0.05, 0.1) is 5.69 Å². The van der Waals surface area contributed by atoms with Crippen LogP contribution in [-0.2, 0) is 19.1 Å². The van der Waals surface area contributed by atoms with Gasteiger partial charge in [0.25, 0.3) is 0 Å². The highest BCUT2D eigenvalue weighted by atomic mass is 19.4. The molecule has 0 unspecified atom stereocenters. The fraction of sp³-hybridized carbons (Fsp3) is 0.500. The fourth-order valence-corrected chi connectivity index (χ4v) is 1.70. The molecule has 15 heavy (non-hydrogen) atoms. The summed E-state index contributed by atoms with van der Waals surface area (Å²) in [6.07, 6.45) is -3.57. The Kier molecular flexibility index (Phi) is 2.42. The minimum atomic E-state index is -4.34. The molecule has 1 aliphatic heterocycles. The molecule has 2 nitrogen and oxygen atoms in total. The van der Waals surface area contributed by atoms with E-state index >= 15 is 0 Å². The number of hydrogen-bond donors (Lipinski definition) is 0. The van der Waals surface area contributed by atoms with Crippen molar-refractivity contribution in [3.8, 4) is 0 Å². The Balaban J connectivity index is 2.37. The van der Waals surface area contributed by atoms with Gasteiger partial charge in [0, 0.05) is 13.1 Å². The first kappa shape index (κ1) is 10.4. The van der Waals surface area contributed by atoms with Crippen LogP contribution in [-0.4, -0.2) is 23.5 Å². The zero-order chi connectivity index (χ0) is 11.1. The van der Waals surface area contributed by atoms with Crippen molar-refractivity contribution < 1.29 is 13.2 Å². The van der Waals surface area contributed by atoms with E-state index in [-0.39, 0.29) is 0 Å². The number of rotatable bonds is 0. The number of alkyl halides is 3. The third kappa shape index (κ3) is 2.12. The molecule has 82 valence electrons. The van der Waals surface area contributed by atoms with Crippen LogP contribution >= 0.6 is 0 Å². The second-order valence-electron chi connectivity index (χ2n) is 3.79. The number of halogens is 3. The van der Waals surface area contributed by atoms with Gasteiger partial charge in [-0.3, -0.25) is 0 Å². The lowest BCUT2D eigenvalue weighted by atomic mass is 10.1. The Morgan fingerprint density at radius 3 is 2.73 bits per heavy atom. The zero-order valence-corrected chi connectivity index (χ0v) is 8.30. The maximum absolute atomic E-state index is 12.4. The largest absolute Gasteiger partial charge is 0.433 e. The Hall–Kier alpha value is -1.10. The Morgan fingerprint density at radius 2 is 2.07 bits per heavy atom. The minimum absolute atomic E-state index is 0.499. The van der Waals surface area contributed by atoms with E-state index in [1.807, 2.05) is 11.9 Å². The lowest BCUT2D eigenvalue weighted by molar-refractivity contribution is -0.141. The average Bonchev–Trinajstić information content (AvgIpc) is 2.15. The van der Waals surface area contributed by atoms with E-state index in [1.54, 1.807) is 0 Å². The van der Waals surface area contributed by atoms with E-state index < -0.39 is 11.9 Å². The summed E-state index contributed by atoms with van der Waals surface area (Å²) in [6.45, 7) is 1.37. The Bertz CT molecular complexity index is 373. The number of pyridine rings is 1. The highest BCUT2D eigenvalue weighted by Gasteiger charge is 2.33. The van der Waals surface area contributed by atoms with E-state index in [0.29, 0.717) is 12.2 Å². The quantitative estimate of drug-likeness (QED) is 0.660. The van der Waals surface area contributed by atoms with Crippen LogP contribution < -0.4 is 0 Å². The summed E-state index contributed by atoms with van der Waals surface area (Å²) in [7, 11) is 1.88. The smallest absolute Gasteiger partial charge is 0.300 e. The molecule has 0 amide bonds. The van der Waals surface area contributed by atoms with E-state index in [4.69, 9.17) is 0 Å². The first-order chi connectivity index (χ1) is 6.97.